The molecule has 164 valence electrons. The SMILES string of the molecule is CCCC1COC(CCC2COC(c3ccc(OC(F)(F)F)c(F)c3)OC2)OC1. The van der Waals surface area contributed by atoms with Gasteiger partial charge in [0.15, 0.2) is 24.1 Å². The summed E-state index contributed by atoms with van der Waals surface area (Å²) in [7, 11) is 0. The molecule has 5 nitrogen and oxygen atoms in total. The Labute approximate surface area is 167 Å². The molecule has 0 radical (unpaired) electrons. The predicted octanol–water partition coefficient (Wildman–Crippen LogP) is 4.96. The van der Waals surface area contributed by atoms with Gasteiger partial charge < -0.3 is 23.7 Å². The largest absolute Gasteiger partial charge is 0.573 e. The third-order valence-corrected chi connectivity index (χ3v) is 4.96. The van der Waals surface area contributed by atoms with Crippen LogP contribution in [0, 0.1) is 17.7 Å². The monoisotopic (exact) mass is 422 g/mol. The van der Waals surface area contributed by atoms with E-state index in [1.807, 2.05) is 0 Å². The van der Waals surface area contributed by atoms with Crippen LogP contribution >= 0.6 is 0 Å². The van der Waals surface area contributed by atoms with Gasteiger partial charge in [-0.2, -0.15) is 0 Å². The van der Waals surface area contributed by atoms with Crippen molar-refractivity contribution in [1.82, 2.24) is 0 Å². The molecule has 2 heterocycles. The van der Waals surface area contributed by atoms with Crippen LogP contribution in [0.5, 0.6) is 5.75 Å². The van der Waals surface area contributed by atoms with Gasteiger partial charge in [-0.25, -0.2) is 4.39 Å². The van der Waals surface area contributed by atoms with Gasteiger partial charge in [-0.1, -0.05) is 19.4 Å². The zero-order chi connectivity index (χ0) is 20.9. The van der Waals surface area contributed by atoms with Crippen molar-refractivity contribution in [1.29, 1.82) is 0 Å². The Bertz CT molecular complexity index is 638. The summed E-state index contributed by atoms with van der Waals surface area (Å²) in [6.45, 7) is 4.38. The van der Waals surface area contributed by atoms with E-state index in [2.05, 4.69) is 11.7 Å². The van der Waals surface area contributed by atoms with E-state index in [9.17, 15) is 17.6 Å². The van der Waals surface area contributed by atoms with Crippen molar-refractivity contribution in [2.24, 2.45) is 11.8 Å². The maximum atomic E-state index is 13.9. The summed E-state index contributed by atoms with van der Waals surface area (Å²) in [5, 5.41) is 0. The Morgan fingerprint density at radius 3 is 2.14 bits per heavy atom. The fourth-order valence-corrected chi connectivity index (χ4v) is 3.47. The lowest BCUT2D eigenvalue weighted by atomic mass is 10.0. The minimum absolute atomic E-state index is 0.143. The van der Waals surface area contributed by atoms with E-state index in [0.717, 1.165) is 51.0 Å². The van der Waals surface area contributed by atoms with Crippen LogP contribution in [-0.4, -0.2) is 39.1 Å². The Balaban J connectivity index is 1.41. The highest BCUT2D eigenvalue weighted by atomic mass is 19.4. The van der Waals surface area contributed by atoms with Gasteiger partial charge >= 0.3 is 6.36 Å². The molecule has 0 bridgehead atoms. The van der Waals surface area contributed by atoms with Crippen molar-refractivity contribution in [3.8, 4) is 5.75 Å². The van der Waals surface area contributed by atoms with Crippen LogP contribution in [0.4, 0.5) is 17.6 Å². The molecule has 0 aliphatic carbocycles. The predicted molar refractivity (Wildman–Crippen MR) is 94.5 cm³/mol. The van der Waals surface area contributed by atoms with Crippen molar-refractivity contribution in [2.75, 3.05) is 26.4 Å². The molecule has 0 N–H and O–H groups in total. The highest BCUT2D eigenvalue weighted by molar-refractivity contribution is 5.30. The summed E-state index contributed by atoms with van der Waals surface area (Å²) >= 11 is 0. The Morgan fingerprint density at radius 1 is 0.931 bits per heavy atom. The molecule has 2 saturated heterocycles. The van der Waals surface area contributed by atoms with Crippen LogP contribution in [0.15, 0.2) is 18.2 Å². The molecule has 2 fully saturated rings. The van der Waals surface area contributed by atoms with E-state index < -0.39 is 24.2 Å². The normalized spacial score (nSPS) is 28.3. The van der Waals surface area contributed by atoms with E-state index in [-0.39, 0.29) is 12.2 Å². The quantitative estimate of drug-likeness (QED) is 0.582. The topological polar surface area (TPSA) is 46.2 Å². The molecule has 2 aliphatic rings. The molecule has 0 unspecified atom stereocenters. The third kappa shape index (κ3) is 6.80. The molecule has 2 aliphatic heterocycles. The van der Waals surface area contributed by atoms with Crippen molar-refractivity contribution < 1.29 is 41.2 Å². The van der Waals surface area contributed by atoms with Gasteiger partial charge in [0.1, 0.15) is 0 Å². The zero-order valence-electron chi connectivity index (χ0n) is 16.3. The minimum Gasteiger partial charge on any atom is -0.403 e. The second-order valence-corrected chi connectivity index (χ2v) is 7.43. The van der Waals surface area contributed by atoms with Crippen LogP contribution < -0.4 is 4.74 Å². The van der Waals surface area contributed by atoms with Crippen LogP contribution in [0.3, 0.4) is 0 Å². The van der Waals surface area contributed by atoms with Gasteiger partial charge in [0.05, 0.1) is 26.4 Å². The van der Waals surface area contributed by atoms with Gasteiger partial charge in [0.25, 0.3) is 0 Å². The average Bonchev–Trinajstić information content (AvgIpc) is 2.69. The van der Waals surface area contributed by atoms with E-state index in [0.29, 0.717) is 24.7 Å². The van der Waals surface area contributed by atoms with Crippen LogP contribution in [0.1, 0.15) is 44.5 Å². The van der Waals surface area contributed by atoms with E-state index in [4.69, 9.17) is 18.9 Å². The summed E-state index contributed by atoms with van der Waals surface area (Å²) in [5.74, 6) is -1.40. The fourth-order valence-electron chi connectivity index (χ4n) is 3.47. The van der Waals surface area contributed by atoms with Crippen molar-refractivity contribution >= 4 is 0 Å². The number of hydrogen-bond donors (Lipinski definition) is 0. The standard InChI is InChI=1S/C20H26F4O5/c1-2-3-13-9-25-18(26-10-13)7-4-14-11-27-19(28-12-14)15-5-6-17(16(21)8-15)29-20(22,23)24/h5-6,8,13-14,18-19H,2-4,7,9-12H2,1H3. The van der Waals surface area contributed by atoms with Crippen LogP contribution in [0.2, 0.25) is 0 Å². The molecule has 1 aromatic rings. The summed E-state index contributed by atoms with van der Waals surface area (Å²) in [5.41, 5.74) is 0.302. The minimum atomic E-state index is -4.95. The van der Waals surface area contributed by atoms with Crippen molar-refractivity contribution in [2.45, 2.75) is 51.5 Å². The molecule has 1 aromatic carbocycles. The average molecular weight is 422 g/mol. The second kappa shape index (κ2) is 10.1. The maximum Gasteiger partial charge on any atom is 0.573 e. The summed E-state index contributed by atoms with van der Waals surface area (Å²) in [6.07, 6.45) is -2.24. The first-order valence-corrected chi connectivity index (χ1v) is 9.85. The smallest absolute Gasteiger partial charge is 0.403 e. The lowest BCUT2D eigenvalue weighted by molar-refractivity contribution is -0.275. The molecule has 9 heteroatoms. The summed E-state index contributed by atoms with van der Waals surface area (Å²) in [6, 6.07) is 3.15. The highest BCUT2D eigenvalue weighted by Gasteiger charge is 2.33. The van der Waals surface area contributed by atoms with Gasteiger partial charge in [-0.3, -0.25) is 0 Å². The molecule has 3 rings (SSSR count). The summed E-state index contributed by atoms with van der Waals surface area (Å²) in [4.78, 5) is 0. The van der Waals surface area contributed by atoms with E-state index >= 15 is 0 Å². The molecule has 29 heavy (non-hydrogen) atoms. The summed E-state index contributed by atoms with van der Waals surface area (Å²) < 4.78 is 76.9. The second-order valence-electron chi connectivity index (χ2n) is 7.43. The molecule has 0 atom stereocenters. The molecule has 0 saturated carbocycles. The van der Waals surface area contributed by atoms with Gasteiger partial charge in [-0.15, -0.1) is 13.2 Å². The number of hydrogen-bond acceptors (Lipinski definition) is 5. The molecular formula is C20H26F4O5. The lowest BCUT2D eigenvalue weighted by Crippen LogP contribution is -2.33. The van der Waals surface area contributed by atoms with Gasteiger partial charge in [-0.05, 0) is 31.4 Å². The van der Waals surface area contributed by atoms with Gasteiger partial charge in [0.2, 0.25) is 0 Å². The Kier molecular flexibility index (Phi) is 7.72. The maximum absolute atomic E-state index is 13.9. The number of rotatable bonds is 7. The fraction of sp³-hybridized carbons (Fsp3) is 0.700. The lowest BCUT2D eigenvalue weighted by Gasteiger charge is -2.32. The molecule has 0 aromatic heterocycles. The van der Waals surface area contributed by atoms with Gasteiger partial charge in [0, 0.05) is 17.4 Å². The Hall–Kier alpha value is -1.42. The molecular weight excluding hydrogens is 396 g/mol. The number of halogens is 4. The highest BCUT2D eigenvalue weighted by Crippen LogP contribution is 2.32. The zero-order valence-corrected chi connectivity index (χ0v) is 16.3. The number of benzene rings is 1. The van der Waals surface area contributed by atoms with Crippen molar-refractivity contribution in [3.05, 3.63) is 29.6 Å². The first kappa shape index (κ1) is 22.3. The first-order valence-electron chi connectivity index (χ1n) is 9.85. The molecule has 0 spiro atoms. The number of alkyl halides is 3. The first-order chi connectivity index (χ1) is 13.8. The third-order valence-electron chi connectivity index (χ3n) is 4.96. The van der Waals surface area contributed by atoms with Crippen molar-refractivity contribution in [3.63, 3.8) is 0 Å². The van der Waals surface area contributed by atoms with E-state index in [1.54, 1.807) is 0 Å². The van der Waals surface area contributed by atoms with E-state index in [1.165, 1.54) is 6.07 Å². The van der Waals surface area contributed by atoms with Crippen LogP contribution in [-0.2, 0) is 18.9 Å². The number of ether oxygens (including phenoxy) is 5. The Morgan fingerprint density at radius 2 is 1.55 bits per heavy atom. The molecule has 0 amide bonds. The van der Waals surface area contributed by atoms with Crippen LogP contribution in [0.25, 0.3) is 0 Å².